The Morgan fingerprint density at radius 1 is 0.294 bits per heavy atom. The summed E-state index contributed by atoms with van der Waals surface area (Å²) < 4.78 is 11.5. The standard InChI is InChI=1S/C48H28OS2/c1-2-4-12-34(30-19-21-39-38-16-8-10-18-45(38)50-47(39)27-30)36-14-6-5-13-35(36)33(11-3-1)29-20-22-46-41(23-29)42-25-31-26-44-40(24-32(31)28-48(42)51-46)37-15-7-9-17-43(37)49-44/h1-28H. The summed E-state index contributed by atoms with van der Waals surface area (Å²) in [5.74, 6) is 0. The lowest BCUT2D eigenvalue weighted by atomic mass is 9.94. The molecule has 0 aliphatic rings. The molecule has 0 spiro atoms. The summed E-state index contributed by atoms with van der Waals surface area (Å²) in [7, 11) is 0. The van der Waals surface area contributed by atoms with Gasteiger partial charge in [0, 0.05) is 51.1 Å². The zero-order valence-electron chi connectivity index (χ0n) is 27.4. The van der Waals surface area contributed by atoms with Crippen molar-refractivity contribution in [2.24, 2.45) is 0 Å². The van der Waals surface area contributed by atoms with E-state index < -0.39 is 0 Å². The van der Waals surface area contributed by atoms with E-state index in [9.17, 15) is 0 Å². The molecule has 0 saturated carbocycles. The third-order valence-corrected chi connectivity index (χ3v) is 12.6. The van der Waals surface area contributed by atoms with E-state index in [4.69, 9.17) is 4.42 Å². The number of para-hydroxylation sites is 1. The highest BCUT2D eigenvalue weighted by atomic mass is 32.1. The topological polar surface area (TPSA) is 13.1 Å². The Morgan fingerprint density at radius 2 is 0.843 bits per heavy atom. The molecule has 0 saturated heterocycles. The minimum Gasteiger partial charge on any atom is -0.456 e. The maximum atomic E-state index is 6.27. The van der Waals surface area contributed by atoms with Crippen molar-refractivity contribution >= 4 is 107 Å². The van der Waals surface area contributed by atoms with Crippen LogP contribution in [0.15, 0.2) is 174 Å². The van der Waals surface area contributed by atoms with Crippen molar-refractivity contribution in [3.05, 3.63) is 170 Å². The van der Waals surface area contributed by atoms with Crippen LogP contribution < -0.4 is 0 Å². The molecule has 3 heteroatoms. The SMILES string of the molecule is c1cccc(-c2ccc3sc4cc5cc6c(cc5cc4c3c2)oc2ccccc26)c2ccccc2c(-c2ccc3c(c2)sc2ccccc23)cc1. The summed E-state index contributed by atoms with van der Waals surface area (Å²) in [5.41, 5.74) is 6.71. The van der Waals surface area contributed by atoms with Crippen molar-refractivity contribution in [2.45, 2.75) is 0 Å². The van der Waals surface area contributed by atoms with Crippen molar-refractivity contribution in [1.82, 2.24) is 0 Å². The molecule has 0 N–H and O–H groups in total. The van der Waals surface area contributed by atoms with Gasteiger partial charge in [0.2, 0.25) is 0 Å². The first-order chi connectivity index (χ1) is 25.2. The first kappa shape index (κ1) is 28.8. The third-order valence-electron chi connectivity index (χ3n) is 10.3. The number of hydrogen-bond donors (Lipinski definition) is 0. The summed E-state index contributed by atoms with van der Waals surface area (Å²) in [4.78, 5) is 0. The molecule has 1 nitrogen and oxygen atoms in total. The van der Waals surface area contributed by atoms with E-state index in [1.54, 1.807) is 0 Å². The fraction of sp³-hybridized carbons (Fsp3) is 0. The van der Waals surface area contributed by atoms with Gasteiger partial charge in [0.1, 0.15) is 11.2 Å². The van der Waals surface area contributed by atoms with E-state index >= 15 is 0 Å². The smallest absolute Gasteiger partial charge is 0.136 e. The molecule has 238 valence electrons. The molecule has 11 aromatic rings. The first-order valence-corrected chi connectivity index (χ1v) is 18.9. The van der Waals surface area contributed by atoms with Crippen LogP contribution >= 0.6 is 22.7 Å². The van der Waals surface area contributed by atoms with Gasteiger partial charge in [-0.2, -0.15) is 0 Å². The zero-order chi connectivity index (χ0) is 33.5. The lowest BCUT2D eigenvalue weighted by Crippen LogP contribution is -1.83. The van der Waals surface area contributed by atoms with Crippen LogP contribution in [0.1, 0.15) is 0 Å². The number of fused-ring (bicyclic) bond motifs is 11. The minimum absolute atomic E-state index is 0.933. The van der Waals surface area contributed by atoms with Crippen LogP contribution in [-0.2, 0) is 0 Å². The van der Waals surface area contributed by atoms with E-state index in [0.717, 1.165) is 16.6 Å². The molecular formula is C48H28OS2. The van der Waals surface area contributed by atoms with Crippen LogP contribution in [0.2, 0.25) is 0 Å². The summed E-state index contributed by atoms with van der Waals surface area (Å²) in [6.45, 7) is 0. The Hall–Kier alpha value is -6.00. The second kappa shape index (κ2) is 11.3. The third kappa shape index (κ3) is 4.59. The number of hydrogen-bond acceptors (Lipinski definition) is 3. The number of rotatable bonds is 2. The van der Waals surface area contributed by atoms with Gasteiger partial charge in [0.25, 0.3) is 0 Å². The van der Waals surface area contributed by atoms with Gasteiger partial charge in [-0.1, -0.05) is 115 Å². The predicted molar refractivity (Wildman–Crippen MR) is 223 cm³/mol. The Balaban J connectivity index is 1.12. The van der Waals surface area contributed by atoms with E-state index in [1.165, 1.54) is 89.5 Å². The van der Waals surface area contributed by atoms with Crippen LogP contribution in [0.4, 0.5) is 0 Å². The molecule has 0 atom stereocenters. The predicted octanol–water partition coefficient (Wildman–Crippen LogP) is 15.1. The monoisotopic (exact) mass is 684 g/mol. The lowest BCUT2D eigenvalue weighted by molar-refractivity contribution is 0.669. The van der Waals surface area contributed by atoms with Crippen LogP contribution in [0.5, 0.6) is 0 Å². The average Bonchev–Trinajstić information content (AvgIpc) is 3.84. The van der Waals surface area contributed by atoms with Crippen LogP contribution in [0.3, 0.4) is 0 Å². The van der Waals surface area contributed by atoms with Gasteiger partial charge in [-0.15, -0.1) is 22.7 Å². The normalized spacial score (nSPS) is 11.9. The van der Waals surface area contributed by atoms with Gasteiger partial charge < -0.3 is 4.42 Å². The molecule has 0 fully saturated rings. The highest BCUT2D eigenvalue weighted by Gasteiger charge is 2.14. The van der Waals surface area contributed by atoms with E-state index in [1.807, 2.05) is 34.8 Å². The zero-order valence-corrected chi connectivity index (χ0v) is 29.0. The average molecular weight is 685 g/mol. The van der Waals surface area contributed by atoms with Gasteiger partial charge in [-0.3, -0.25) is 0 Å². The molecule has 11 rings (SSSR count). The quantitative estimate of drug-likeness (QED) is 0.177. The molecule has 0 aliphatic carbocycles. The maximum Gasteiger partial charge on any atom is 0.136 e. The molecule has 0 radical (unpaired) electrons. The van der Waals surface area contributed by atoms with Gasteiger partial charge in [0.15, 0.2) is 0 Å². The maximum absolute atomic E-state index is 6.27. The Kier molecular flexibility index (Phi) is 6.36. The summed E-state index contributed by atoms with van der Waals surface area (Å²) in [6.07, 6.45) is 0. The largest absolute Gasteiger partial charge is 0.456 e. The van der Waals surface area contributed by atoms with Crippen LogP contribution in [0.25, 0.3) is 106 Å². The summed E-state index contributed by atoms with van der Waals surface area (Å²) in [5, 5.41) is 12.4. The van der Waals surface area contributed by atoms with Crippen molar-refractivity contribution in [1.29, 1.82) is 0 Å². The molecule has 8 aromatic carbocycles. The molecule has 0 aliphatic heterocycles. The highest BCUT2D eigenvalue weighted by Crippen LogP contribution is 2.42. The minimum atomic E-state index is 0.933. The van der Waals surface area contributed by atoms with E-state index in [0.29, 0.717) is 0 Å². The van der Waals surface area contributed by atoms with Crippen molar-refractivity contribution in [3.63, 3.8) is 0 Å². The Morgan fingerprint density at radius 3 is 1.65 bits per heavy atom. The fourth-order valence-corrected chi connectivity index (χ4v) is 10.1. The Bertz CT molecular complexity index is 3260. The molecule has 3 aromatic heterocycles. The number of furan rings is 1. The van der Waals surface area contributed by atoms with E-state index in [-0.39, 0.29) is 0 Å². The Labute approximate surface area is 301 Å². The second-order valence-electron chi connectivity index (χ2n) is 13.2. The number of benzene rings is 7. The molecule has 51 heavy (non-hydrogen) atoms. The summed E-state index contributed by atoms with van der Waals surface area (Å²) in [6, 6.07) is 62.1. The summed E-state index contributed by atoms with van der Waals surface area (Å²) >= 11 is 3.74. The van der Waals surface area contributed by atoms with Gasteiger partial charge in [0.05, 0.1) is 0 Å². The fourth-order valence-electron chi connectivity index (χ4n) is 7.87. The molecule has 3 heterocycles. The van der Waals surface area contributed by atoms with Gasteiger partial charge in [-0.05, 0) is 98.4 Å². The molecule has 0 bridgehead atoms. The van der Waals surface area contributed by atoms with Gasteiger partial charge >= 0.3 is 0 Å². The lowest BCUT2D eigenvalue weighted by Gasteiger charge is -2.10. The second-order valence-corrected chi connectivity index (χ2v) is 15.4. The van der Waals surface area contributed by atoms with Crippen LogP contribution in [0, 0.1) is 0 Å². The van der Waals surface area contributed by atoms with E-state index in [2.05, 4.69) is 158 Å². The van der Waals surface area contributed by atoms with Crippen LogP contribution in [-0.4, -0.2) is 0 Å². The molecular weight excluding hydrogens is 657 g/mol. The highest BCUT2D eigenvalue weighted by molar-refractivity contribution is 7.26. The first-order valence-electron chi connectivity index (χ1n) is 17.2. The van der Waals surface area contributed by atoms with Crippen molar-refractivity contribution in [3.8, 4) is 22.3 Å². The molecule has 0 amide bonds. The van der Waals surface area contributed by atoms with Gasteiger partial charge in [-0.25, -0.2) is 0 Å². The number of thiophene rings is 2. The van der Waals surface area contributed by atoms with Crippen molar-refractivity contribution in [2.75, 3.05) is 0 Å². The van der Waals surface area contributed by atoms with Crippen molar-refractivity contribution < 1.29 is 4.42 Å². The molecule has 0 unspecified atom stereocenters.